The summed E-state index contributed by atoms with van der Waals surface area (Å²) in [6, 6.07) is 9.54. The van der Waals surface area contributed by atoms with E-state index in [-0.39, 0.29) is 11.9 Å². The van der Waals surface area contributed by atoms with E-state index >= 15 is 0 Å². The zero-order chi connectivity index (χ0) is 15.1. The van der Waals surface area contributed by atoms with Gasteiger partial charge in [0, 0.05) is 6.04 Å². The molecular formula is C17H21NO3. The number of amides is 1. The van der Waals surface area contributed by atoms with E-state index in [0.717, 1.165) is 31.2 Å². The first-order valence-electron chi connectivity index (χ1n) is 7.59. The predicted molar refractivity (Wildman–Crippen MR) is 78.9 cm³/mol. The second-order valence-electron chi connectivity index (χ2n) is 6.59. The van der Waals surface area contributed by atoms with Crippen LogP contribution in [0.3, 0.4) is 0 Å². The third-order valence-corrected chi connectivity index (χ3v) is 5.26. The van der Waals surface area contributed by atoms with E-state index in [1.54, 1.807) is 6.92 Å². The van der Waals surface area contributed by atoms with Crippen LogP contribution in [0.25, 0.3) is 0 Å². The fraction of sp³-hybridized carbons (Fsp3) is 0.529. The smallest absolute Gasteiger partial charge is 0.311 e. The van der Waals surface area contributed by atoms with Crippen molar-refractivity contribution in [2.45, 2.75) is 50.5 Å². The maximum absolute atomic E-state index is 12.7. The fourth-order valence-electron chi connectivity index (χ4n) is 3.48. The quantitative estimate of drug-likeness (QED) is 0.894. The van der Waals surface area contributed by atoms with E-state index in [1.807, 2.05) is 30.3 Å². The van der Waals surface area contributed by atoms with E-state index < -0.39 is 16.8 Å². The first-order chi connectivity index (χ1) is 9.99. The third kappa shape index (κ3) is 2.23. The Morgan fingerprint density at radius 1 is 1.19 bits per heavy atom. The van der Waals surface area contributed by atoms with Crippen molar-refractivity contribution in [3.05, 3.63) is 35.9 Å². The van der Waals surface area contributed by atoms with Gasteiger partial charge in [0.15, 0.2) is 0 Å². The Balaban J connectivity index is 1.77. The zero-order valence-corrected chi connectivity index (χ0v) is 12.3. The van der Waals surface area contributed by atoms with Crippen LogP contribution in [0.5, 0.6) is 0 Å². The molecule has 2 atom stereocenters. The number of hydrogen-bond donors (Lipinski definition) is 2. The van der Waals surface area contributed by atoms with Gasteiger partial charge in [-0.1, -0.05) is 36.8 Å². The monoisotopic (exact) mass is 287 g/mol. The molecule has 0 radical (unpaired) electrons. The summed E-state index contributed by atoms with van der Waals surface area (Å²) >= 11 is 0. The van der Waals surface area contributed by atoms with Gasteiger partial charge in [-0.05, 0) is 38.2 Å². The molecule has 2 unspecified atom stereocenters. The molecule has 0 spiro atoms. The van der Waals surface area contributed by atoms with Gasteiger partial charge < -0.3 is 10.4 Å². The lowest BCUT2D eigenvalue weighted by Gasteiger charge is -2.29. The SMILES string of the molecule is CC1(C(=O)O)CCCC1NC(=O)C1(c2ccccc2)CC1. The van der Waals surface area contributed by atoms with Crippen LogP contribution in [0.1, 0.15) is 44.6 Å². The Kier molecular flexibility index (Phi) is 3.27. The van der Waals surface area contributed by atoms with Gasteiger partial charge in [-0.3, -0.25) is 9.59 Å². The van der Waals surface area contributed by atoms with E-state index in [9.17, 15) is 14.7 Å². The molecule has 4 heteroatoms. The Labute approximate surface area is 124 Å². The lowest BCUT2D eigenvalue weighted by molar-refractivity contribution is -0.149. The molecule has 0 aliphatic heterocycles. The number of nitrogens with one attached hydrogen (secondary N) is 1. The van der Waals surface area contributed by atoms with Crippen molar-refractivity contribution in [3.8, 4) is 0 Å². The van der Waals surface area contributed by atoms with Crippen LogP contribution in [-0.2, 0) is 15.0 Å². The Bertz CT molecular complexity index is 565. The summed E-state index contributed by atoms with van der Waals surface area (Å²) in [4.78, 5) is 24.2. The number of rotatable bonds is 4. The first kappa shape index (κ1) is 14.1. The minimum Gasteiger partial charge on any atom is -0.481 e. The molecule has 0 saturated heterocycles. The largest absolute Gasteiger partial charge is 0.481 e. The minimum absolute atomic E-state index is 0.00641. The lowest BCUT2D eigenvalue weighted by Crippen LogP contribution is -2.50. The molecule has 0 bridgehead atoms. The number of carbonyl (C=O) groups is 2. The molecule has 2 aliphatic carbocycles. The molecule has 1 aromatic rings. The molecule has 2 fully saturated rings. The Hall–Kier alpha value is -1.84. The molecule has 4 nitrogen and oxygen atoms in total. The Morgan fingerprint density at radius 2 is 1.86 bits per heavy atom. The van der Waals surface area contributed by atoms with Gasteiger partial charge in [-0.2, -0.15) is 0 Å². The van der Waals surface area contributed by atoms with Gasteiger partial charge in [-0.25, -0.2) is 0 Å². The molecule has 21 heavy (non-hydrogen) atoms. The molecule has 1 aromatic carbocycles. The molecule has 0 aromatic heterocycles. The van der Waals surface area contributed by atoms with Crippen molar-refractivity contribution in [1.29, 1.82) is 0 Å². The van der Waals surface area contributed by atoms with Crippen LogP contribution in [0, 0.1) is 5.41 Å². The molecule has 0 heterocycles. The van der Waals surface area contributed by atoms with E-state index in [0.29, 0.717) is 6.42 Å². The second kappa shape index (κ2) is 4.86. The van der Waals surface area contributed by atoms with Crippen LogP contribution in [0.2, 0.25) is 0 Å². The number of benzene rings is 1. The minimum atomic E-state index is -0.831. The van der Waals surface area contributed by atoms with Gasteiger partial charge >= 0.3 is 5.97 Å². The average molecular weight is 287 g/mol. The normalized spacial score (nSPS) is 29.9. The van der Waals surface area contributed by atoms with Crippen LogP contribution in [0.15, 0.2) is 30.3 Å². The number of carbonyl (C=O) groups excluding carboxylic acids is 1. The highest BCUT2D eigenvalue weighted by molar-refractivity contribution is 5.92. The van der Waals surface area contributed by atoms with Crippen molar-refractivity contribution in [3.63, 3.8) is 0 Å². The van der Waals surface area contributed by atoms with Gasteiger partial charge in [0.2, 0.25) is 5.91 Å². The number of carboxylic acid groups (broad SMARTS) is 1. The second-order valence-corrected chi connectivity index (χ2v) is 6.59. The fourth-order valence-corrected chi connectivity index (χ4v) is 3.48. The van der Waals surface area contributed by atoms with Gasteiger partial charge in [0.1, 0.15) is 0 Å². The van der Waals surface area contributed by atoms with Crippen LogP contribution in [0.4, 0.5) is 0 Å². The number of aliphatic carboxylic acids is 1. The topological polar surface area (TPSA) is 66.4 Å². The summed E-state index contributed by atoms with van der Waals surface area (Å²) in [6.45, 7) is 1.75. The van der Waals surface area contributed by atoms with Crippen LogP contribution < -0.4 is 5.32 Å². The first-order valence-corrected chi connectivity index (χ1v) is 7.59. The molecule has 1 amide bonds. The van der Waals surface area contributed by atoms with E-state index in [2.05, 4.69) is 5.32 Å². The maximum Gasteiger partial charge on any atom is 0.311 e. The molecule has 2 N–H and O–H groups in total. The predicted octanol–water partition coefficient (Wildman–Crippen LogP) is 2.48. The van der Waals surface area contributed by atoms with Crippen molar-refractivity contribution in [2.24, 2.45) is 5.41 Å². The van der Waals surface area contributed by atoms with Crippen LogP contribution >= 0.6 is 0 Å². The standard InChI is InChI=1S/C17H21NO3/c1-16(15(20)21)9-5-8-13(16)18-14(19)17(10-11-17)12-6-3-2-4-7-12/h2-4,6-7,13H,5,8-11H2,1H3,(H,18,19)(H,20,21). The van der Waals surface area contributed by atoms with Crippen molar-refractivity contribution >= 4 is 11.9 Å². The summed E-state index contributed by atoms with van der Waals surface area (Å²) in [5.74, 6) is -0.817. The number of hydrogen-bond acceptors (Lipinski definition) is 2. The highest BCUT2D eigenvalue weighted by atomic mass is 16.4. The van der Waals surface area contributed by atoms with Gasteiger partial charge in [0.25, 0.3) is 0 Å². The summed E-state index contributed by atoms with van der Waals surface area (Å²) < 4.78 is 0. The molecule has 2 aliphatic rings. The van der Waals surface area contributed by atoms with Crippen molar-refractivity contribution < 1.29 is 14.7 Å². The summed E-state index contributed by atoms with van der Waals surface area (Å²) in [5, 5.41) is 12.5. The number of carboxylic acids is 1. The van der Waals surface area contributed by atoms with E-state index in [1.165, 1.54) is 0 Å². The van der Waals surface area contributed by atoms with Crippen molar-refractivity contribution in [1.82, 2.24) is 5.32 Å². The highest BCUT2D eigenvalue weighted by Gasteiger charge is 2.54. The average Bonchev–Trinajstić information content (AvgIpc) is 3.21. The maximum atomic E-state index is 12.7. The summed E-state index contributed by atoms with van der Waals surface area (Å²) in [6.07, 6.45) is 3.93. The molecule has 112 valence electrons. The zero-order valence-electron chi connectivity index (χ0n) is 12.3. The lowest BCUT2D eigenvalue weighted by atomic mass is 9.84. The summed E-state index contributed by atoms with van der Waals surface area (Å²) in [7, 11) is 0. The van der Waals surface area contributed by atoms with Gasteiger partial charge in [0.05, 0.1) is 10.8 Å². The van der Waals surface area contributed by atoms with Gasteiger partial charge in [-0.15, -0.1) is 0 Å². The molecular weight excluding hydrogens is 266 g/mol. The molecule has 3 rings (SSSR count). The van der Waals surface area contributed by atoms with Crippen LogP contribution in [-0.4, -0.2) is 23.0 Å². The summed E-state index contributed by atoms with van der Waals surface area (Å²) in [5.41, 5.74) is -0.219. The van der Waals surface area contributed by atoms with E-state index in [4.69, 9.17) is 0 Å². The molecule has 2 saturated carbocycles. The Morgan fingerprint density at radius 3 is 2.43 bits per heavy atom. The van der Waals surface area contributed by atoms with Crippen molar-refractivity contribution in [2.75, 3.05) is 0 Å². The highest BCUT2D eigenvalue weighted by Crippen LogP contribution is 2.49. The third-order valence-electron chi connectivity index (χ3n) is 5.26.